The molecule has 4 rings (SSSR count). The second-order valence-corrected chi connectivity index (χ2v) is 8.52. The summed E-state index contributed by atoms with van der Waals surface area (Å²) in [5, 5.41) is 15.9. The molecular formula is C19H18ClN5O4S. The van der Waals surface area contributed by atoms with E-state index in [0.717, 1.165) is 16.1 Å². The molecule has 1 aliphatic rings. The van der Waals surface area contributed by atoms with Crippen molar-refractivity contribution in [3.05, 3.63) is 61.9 Å². The Morgan fingerprint density at radius 1 is 1.33 bits per heavy atom. The predicted octanol–water partition coefficient (Wildman–Crippen LogP) is 3.30. The van der Waals surface area contributed by atoms with E-state index in [1.807, 2.05) is 6.20 Å². The molecular weight excluding hydrogens is 430 g/mol. The largest absolute Gasteiger partial charge is 0.383 e. The SMILES string of the molecule is COCCn1cc2c(n1)CN(C(=O)Cc1nc(-c3ccc(Cl)s3)ccc1[N+](=O)[O-])C2. The Labute approximate surface area is 181 Å². The van der Waals surface area contributed by atoms with Crippen LogP contribution < -0.4 is 0 Å². The van der Waals surface area contributed by atoms with Gasteiger partial charge in [0.05, 0.1) is 51.6 Å². The van der Waals surface area contributed by atoms with Crippen molar-refractivity contribution in [3.63, 3.8) is 0 Å². The van der Waals surface area contributed by atoms with E-state index >= 15 is 0 Å². The van der Waals surface area contributed by atoms with Crippen LogP contribution in [0.2, 0.25) is 4.34 Å². The summed E-state index contributed by atoms with van der Waals surface area (Å²) in [6.07, 6.45) is 1.75. The maximum Gasteiger partial charge on any atom is 0.291 e. The number of nitro groups is 1. The minimum atomic E-state index is -0.514. The van der Waals surface area contributed by atoms with Crippen molar-refractivity contribution >= 4 is 34.5 Å². The highest BCUT2D eigenvalue weighted by Gasteiger charge is 2.29. The van der Waals surface area contributed by atoms with E-state index in [1.54, 1.807) is 34.9 Å². The normalized spacial score (nSPS) is 12.9. The molecule has 0 fully saturated rings. The van der Waals surface area contributed by atoms with Gasteiger partial charge in [0.15, 0.2) is 0 Å². The Morgan fingerprint density at radius 3 is 2.83 bits per heavy atom. The first-order valence-electron chi connectivity index (χ1n) is 9.16. The Hall–Kier alpha value is -2.82. The first-order valence-corrected chi connectivity index (χ1v) is 10.4. The summed E-state index contributed by atoms with van der Waals surface area (Å²) in [4.78, 5) is 30.6. The maximum absolute atomic E-state index is 12.9. The molecule has 11 heteroatoms. The number of rotatable bonds is 7. The molecule has 0 unspecified atom stereocenters. The molecule has 3 aromatic rings. The van der Waals surface area contributed by atoms with Gasteiger partial charge in [-0.25, -0.2) is 4.98 Å². The number of pyridine rings is 1. The van der Waals surface area contributed by atoms with Gasteiger partial charge in [-0.05, 0) is 18.2 Å². The quantitative estimate of drug-likeness (QED) is 0.406. The molecule has 0 aliphatic carbocycles. The number of carbonyl (C=O) groups is 1. The average Bonchev–Trinajstić information content (AvgIpc) is 3.40. The van der Waals surface area contributed by atoms with Gasteiger partial charge in [0.1, 0.15) is 5.69 Å². The highest BCUT2D eigenvalue weighted by Crippen LogP contribution is 2.32. The zero-order valence-corrected chi connectivity index (χ0v) is 17.6. The van der Waals surface area contributed by atoms with Crippen molar-refractivity contribution in [1.82, 2.24) is 19.7 Å². The number of aromatic nitrogens is 3. The molecule has 0 bridgehead atoms. The smallest absolute Gasteiger partial charge is 0.291 e. The van der Waals surface area contributed by atoms with E-state index in [-0.39, 0.29) is 23.7 Å². The molecule has 1 amide bonds. The number of hydrogen-bond donors (Lipinski definition) is 0. The minimum absolute atomic E-state index is 0.140. The van der Waals surface area contributed by atoms with Crippen LogP contribution in [0.3, 0.4) is 0 Å². The van der Waals surface area contributed by atoms with Crippen molar-refractivity contribution in [2.45, 2.75) is 26.1 Å². The summed E-state index contributed by atoms with van der Waals surface area (Å²) in [7, 11) is 1.63. The van der Waals surface area contributed by atoms with E-state index in [1.165, 1.54) is 17.4 Å². The van der Waals surface area contributed by atoms with E-state index in [0.29, 0.717) is 36.3 Å². The van der Waals surface area contributed by atoms with Gasteiger partial charge in [0.2, 0.25) is 5.91 Å². The van der Waals surface area contributed by atoms with Gasteiger partial charge in [-0.15, -0.1) is 11.3 Å². The molecule has 0 saturated heterocycles. The molecule has 0 aromatic carbocycles. The fraction of sp³-hybridized carbons (Fsp3) is 0.316. The number of fused-ring (bicyclic) bond motifs is 1. The first-order chi connectivity index (χ1) is 14.4. The Balaban J connectivity index is 1.51. The monoisotopic (exact) mass is 447 g/mol. The molecule has 0 N–H and O–H groups in total. The van der Waals surface area contributed by atoms with Gasteiger partial charge in [-0.3, -0.25) is 19.6 Å². The lowest BCUT2D eigenvalue weighted by Gasteiger charge is -2.15. The number of hydrogen-bond acceptors (Lipinski definition) is 7. The summed E-state index contributed by atoms with van der Waals surface area (Å²) >= 11 is 7.31. The van der Waals surface area contributed by atoms with Crippen LogP contribution >= 0.6 is 22.9 Å². The fourth-order valence-electron chi connectivity index (χ4n) is 3.32. The number of halogens is 1. The van der Waals surface area contributed by atoms with Crippen molar-refractivity contribution in [3.8, 4) is 10.6 Å². The van der Waals surface area contributed by atoms with Gasteiger partial charge >= 0.3 is 0 Å². The molecule has 4 heterocycles. The number of ether oxygens (including phenoxy) is 1. The van der Waals surface area contributed by atoms with Crippen molar-refractivity contribution in [1.29, 1.82) is 0 Å². The Kier molecular flexibility index (Phi) is 5.80. The summed E-state index contributed by atoms with van der Waals surface area (Å²) in [5.41, 5.74) is 2.34. The molecule has 0 saturated carbocycles. The van der Waals surface area contributed by atoms with Crippen LogP contribution in [-0.4, -0.2) is 44.2 Å². The third-order valence-corrected chi connectivity index (χ3v) is 6.05. The second-order valence-electron chi connectivity index (χ2n) is 6.81. The van der Waals surface area contributed by atoms with Gasteiger partial charge in [0, 0.05) is 31.5 Å². The molecule has 3 aromatic heterocycles. The molecule has 9 nitrogen and oxygen atoms in total. The van der Waals surface area contributed by atoms with Crippen molar-refractivity contribution in [2.24, 2.45) is 0 Å². The minimum Gasteiger partial charge on any atom is -0.383 e. The molecule has 0 spiro atoms. The molecule has 156 valence electrons. The van der Waals surface area contributed by atoms with Gasteiger partial charge < -0.3 is 9.64 Å². The highest BCUT2D eigenvalue weighted by atomic mass is 35.5. The maximum atomic E-state index is 12.9. The topological polar surface area (TPSA) is 103 Å². The summed E-state index contributed by atoms with van der Waals surface area (Å²) in [6.45, 7) is 2.01. The Bertz CT molecular complexity index is 1090. The van der Waals surface area contributed by atoms with Crippen LogP contribution in [0.25, 0.3) is 10.6 Å². The first kappa shape index (κ1) is 20.5. The van der Waals surface area contributed by atoms with E-state index in [2.05, 4.69) is 10.1 Å². The summed E-state index contributed by atoms with van der Waals surface area (Å²) < 4.78 is 7.45. The van der Waals surface area contributed by atoms with Crippen molar-refractivity contribution in [2.75, 3.05) is 13.7 Å². The highest BCUT2D eigenvalue weighted by molar-refractivity contribution is 7.19. The van der Waals surface area contributed by atoms with Crippen LogP contribution in [0, 0.1) is 10.1 Å². The zero-order valence-electron chi connectivity index (χ0n) is 16.1. The fourth-order valence-corrected chi connectivity index (χ4v) is 4.33. The standard InChI is InChI=1S/C19H18ClN5O4S/c1-29-7-6-24-10-12-9-23(11-15(12)22-24)19(26)8-14-16(25(27)28)3-2-13(21-14)17-4-5-18(20)30-17/h2-5,10H,6-9,11H2,1H3. The van der Waals surface area contributed by atoms with E-state index < -0.39 is 4.92 Å². The summed E-state index contributed by atoms with van der Waals surface area (Å²) in [6, 6.07) is 6.50. The molecule has 0 radical (unpaired) electrons. The number of nitrogens with zero attached hydrogens (tertiary/aromatic N) is 5. The number of amides is 1. The molecule has 30 heavy (non-hydrogen) atoms. The lowest BCUT2D eigenvalue weighted by atomic mass is 10.2. The van der Waals surface area contributed by atoms with Gasteiger partial charge in [-0.1, -0.05) is 11.6 Å². The van der Waals surface area contributed by atoms with Crippen LogP contribution in [0.5, 0.6) is 0 Å². The number of methoxy groups -OCH3 is 1. The van der Waals surface area contributed by atoms with E-state index in [4.69, 9.17) is 16.3 Å². The number of thiophene rings is 1. The second kappa shape index (κ2) is 8.50. The van der Waals surface area contributed by atoms with Crippen LogP contribution in [-0.2, 0) is 35.6 Å². The van der Waals surface area contributed by atoms with Gasteiger partial charge in [0.25, 0.3) is 5.69 Å². The van der Waals surface area contributed by atoms with Crippen LogP contribution in [0.15, 0.2) is 30.5 Å². The third-order valence-electron chi connectivity index (χ3n) is 4.79. The van der Waals surface area contributed by atoms with Crippen molar-refractivity contribution < 1.29 is 14.5 Å². The average molecular weight is 448 g/mol. The Morgan fingerprint density at radius 2 is 2.17 bits per heavy atom. The summed E-state index contributed by atoms with van der Waals surface area (Å²) in [5.74, 6) is -0.228. The van der Waals surface area contributed by atoms with Gasteiger partial charge in [-0.2, -0.15) is 5.10 Å². The molecule has 0 atom stereocenters. The van der Waals surface area contributed by atoms with E-state index in [9.17, 15) is 14.9 Å². The lowest BCUT2D eigenvalue weighted by molar-refractivity contribution is -0.385. The number of carbonyl (C=O) groups excluding carboxylic acids is 1. The molecule has 1 aliphatic heterocycles. The third kappa shape index (κ3) is 4.20. The van der Waals surface area contributed by atoms with Crippen LogP contribution in [0.1, 0.15) is 17.0 Å². The zero-order chi connectivity index (χ0) is 21.3. The van der Waals surface area contributed by atoms with Crippen LogP contribution in [0.4, 0.5) is 5.69 Å². The lowest BCUT2D eigenvalue weighted by Crippen LogP contribution is -2.28. The predicted molar refractivity (Wildman–Crippen MR) is 111 cm³/mol.